The van der Waals surface area contributed by atoms with Crippen LogP contribution in [0.3, 0.4) is 0 Å². The molecule has 0 unspecified atom stereocenters. The van der Waals surface area contributed by atoms with Crippen molar-refractivity contribution in [1.82, 2.24) is 9.88 Å². The number of carbonyl (C=O) groups is 1. The lowest BCUT2D eigenvalue weighted by Gasteiger charge is -2.16. The SMILES string of the molecule is Cc1[nH]c(=S)sc1CC(=O)N(C)CCOCC1CC1. The van der Waals surface area contributed by atoms with Crippen molar-refractivity contribution in [3.8, 4) is 0 Å². The number of hydrogen-bond donors (Lipinski definition) is 1. The second-order valence-corrected chi connectivity index (χ2v) is 6.84. The maximum Gasteiger partial charge on any atom is 0.227 e. The molecule has 19 heavy (non-hydrogen) atoms. The molecule has 6 heteroatoms. The highest BCUT2D eigenvalue weighted by molar-refractivity contribution is 7.73. The molecule has 106 valence electrons. The smallest absolute Gasteiger partial charge is 0.227 e. The second-order valence-electron chi connectivity index (χ2n) is 5.07. The number of thiazole rings is 1. The monoisotopic (exact) mass is 300 g/mol. The van der Waals surface area contributed by atoms with E-state index in [2.05, 4.69) is 4.98 Å². The number of likely N-dealkylation sites (N-methyl/N-ethyl adjacent to an activating group) is 1. The van der Waals surface area contributed by atoms with Crippen molar-refractivity contribution in [3.05, 3.63) is 14.5 Å². The van der Waals surface area contributed by atoms with E-state index >= 15 is 0 Å². The number of aromatic nitrogens is 1. The number of carbonyl (C=O) groups excluding carboxylic acids is 1. The zero-order chi connectivity index (χ0) is 13.8. The van der Waals surface area contributed by atoms with Crippen molar-refractivity contribution in [3.63, 3.8) is 0 Å². The van der Waals surface area contributed by atoms with Gasteiger partial charge in [-0.1, -0.05) is 0 Å². The molecule has 0 radical (unpaired) electrons. The summed E-state index contributed by atoms with van der Waals surface area (Å²) >= 11 is 6.55. The quantitative estimate of drug-likeness (QED) is 0.622. The number of H-pyrrole nitrogens is 1. The van der Waals surface area contributed by atoms with Crippen molar-refractivity contribution < 1.29 is 9.53 Å². The Balaban J connectivity index is 1.71. The van der Waals surface area contributed by atoms with Gasteiger partial charge < -0.3 is 14.6 Å². The van der Waals surface area contributed by atoms with E-state index < -0.39 is 0 Å². The van der Waals surface area contributed by atoms with Crippen LogP contribution in [0.25, 0.3) is 0 Å². The van der Waals surface area contributed by atoms with Crippen molar-refractivity contribution >= 4 is 29.5 Å². The molecule has 1 aromatic rings. The third-order valence-electron chi connectivity index (χ3n) is 3.28. The Kier molecular flexibility index (Phi) is 5.13. The third kappa shape index (κ3) is 4.71. The zero-order valence-electron chi connectivity index (χ0n) is 11.4. The molecule has 1 aliphatic carbocycles. The first kappa shape index (κ1) is 14.7. The van der Waals surface area contributed by atoms with Gasteiger partial charge in [0.2, 0.25) is 5.91 Å². The number of rotatable bonds is 7. The normalized spacial score (nSPS) is 14.6. The van der Waals surface area contributed by atoms with Gasteiger partial charge in [0, 0.05) is 30.8 Å². The molecule has 0 atom stereocenters. The molecule has 0 aromatic carbocycles. The Morgan fingerprint density at radius 3 is 2.89 bits per heavy atom. The minimum Gasteiger partial charge on any atom is -0.379 e. The Labute approximate surface area is 122 Å². The fourth-order valence-electron chi connectivity index (χ4n) is 1.74. The highest BCUT2D eigenvalue weighted by Crippen LogP contribution is 2.28. The number of nitrogens with one attached hydrogen (secondary N) is 1. The van der Waals surface area contributed by atoms with E-state index in [-0.39, 0.29) is 5.91 Å². The van der Waals surface area contributed by atoms with Crippen molar-refractivity contribution in [2.75, 3.05) is 26.8 Å². The number of ether oxygens (including phenoxy) is 1. The van der Waals surface area contributed by atoms with Gasteiger partial charge in [0.1, 0.15) is 0 Å². The van der Waals surface area contributed by atoms with Crippen LogP contribution in [0.1, 0.15) is 23.4 Å². The zero-order valence-corrected chi connectivity index (χ0v) is 13.0. The van der Waals surface area contributed by atoms with Crippen LogP contribution >= 0.6 is 23.6 Å². The molecule has 1 N–H and O–H groups in total. The van der Waals surface area contributed by atoms with Crippen LogP contribution in [0.2, 0.25) is 0 Å². The fraction of sp³-hybridized carbons (Fsp3) is 0.692. The summed E-state index contributed by atoms with van der Waals surface area (Å²) in [5.74, 6) is 0.888. The summed E-state index contributed by atoms with van der Waals surface area (Å²) in [4.78, 5) is 17.9. The maximum atomic E-state index is 12.0. The standard InChI is InChI=1S/C13H20N2O2S2/c1-9-11(19-13(18)14-9)7-12(16)15(2)5-6-17-8-10-3-4-10/h10H,3-8H2,1-2H3,(H,14,18). The summed E-state index contributed by atoms with van der Waals surface area (Å²) in [6.45, 7) is 4.08. The fourth-order valence-corrected chi connectivity index (χ4v) is 3.02. The number of amides is 1. The summed E-state index contributed by atoms with van der Waals surface area (Å²) in [6, 6.07) is 0. The van der Waals surface area contributed by atoms with Crippen molar-refractivity contribution in [2.45, 2.75) is 26.2 Å². The molecule has 0 saturated heterocycles. The van der Waals surface area contributed by atoms with Crippen LogP contribution in [0.15, 0.2) is 0 Å². The number of aryl methyl sites for hydroxylation is 1. The molecular formula is C13H20N2O2S2. The van der Waals surface area contributed by atoms with E-state index in [0.29, 0.717) is 19.6 Å². The van der Waals surface area contributed by atoms with Gasteiger partial charge in [-0.15, -0.1) is 11.3 Å². The van der Waals surface area contributed by atoms with Gasteiger partial charge in [-0.3, -0.25) is 4.79 Å². The highest BCUT2D eigenvalue weighted by Gasteiger charge is 2.21. The van der Waals surface area contributed by atoms with E-state index in [4.69, 9.17) is 17.0 Å². The average molecular weight is 300 g/mol. The Bertz CT molecular complexity index is 491. The van der Waals surface area contributed by atoms with E-state index in [0.717, 1.165) is 27.1 Å². The lowest BCUT2D eigenvalue weighted by atomic mass is 10.3. The largest absolute Gasteiger partial charge is 0.379 e. The summed E-state index contributed by atoms with van der Waals surface area (Å²) in [5.41, 5.74) is 1.00. The van der Waals surface area contributed by atoms with Crippen LogP contribution < -0.4 is 0 Å². The summed E-state index contributed by atoms with van der Waals surface area (Å²) in [6.07, 6.45) is 3.02. The molecular weight excluding hydrogens is 280 g/mol. The Hall–Kier alpha value is -0.720. The van der Waals surface area contributed by atoms with Crippen molar-refractivity contribution in [1.29, 1.82) is 0 Å². The first-order valence-electron chi connectivity index (χ1n) is 6.56. The van der Waals surface area contributed by atoms with Gasteiger partial charge in [0.15, 0.2) is 3.95 Å². The van der Waals surface area contributed by atoms with Crippen LogP contribution in [0.4, 0.5) is 0 Å². The molecule has 1 aliphatic rings. The highest BCUT2D eigenvalue weighted by atomic mass is 32.1. The molecule has 1 saturated carbocycles. The number of nitrogens with zero attached hydrogens (tertiary/aromatic N) is 1. The molecule has 0 spiro atoms. The van der Waals surface area contributed by atoms with Crippen LogP contribution in [-0.2, 0) is 16.0 Å². The molecule has 2 rings (SSSR count). The average Bonchev–Trinajstić information content (AvgIpc) is 3.12. The molecule has 1 heterocycles. The third-order valence-corrected chi connectivity index (χ3v) is 4.62. The molecule has 1 amide bonds. The van der Waals surface area contributed by atoms with E-state index in [1.807, 2.05) is 14.0 Å². The number of hydrogen-bond acceptors (Lipinski definition) is 4. The van der Waals surface area contributed by atoms with Gasteiger partial charge >= 0.3 is 0 Å². The Morgan fingerprint density at radius 2 is 2.32 bits per heavy atom. The van der Waals surface area contributed by atoms with E-state index in [9.17, 15) is 4.79 Å². The predicted molar refractivity (Wildman–Crippen MR) is 79.1 cm³/mol. The van der Waals surface area contributed by atoms with Gasteiger partial charge in [-0.2, -0.15) is 0 Å². The van der Waals surface area contributed by atoms with Crippen LogP contribution in [0.5, 0.6) is 0 Å². The molecule has 1 aromatic heterocycles. The first-order chi connectivity index (χ1) is 9.06. The lowest BCUT2D eigenvalue weighted by Crippen LogP contribution is -2.31. The molecule has 1 fully saturated rings. The van der Waals surface area contributed by atoms with E-state index in [1.165, 1.54) is 24.2 Å². The van der Waals surface area contributed by atoms with Crippen LogP contribution in [0, 0.1) is 16.8 Å². The minimum absolute atomic E-state index is 0.114. The molecule has 0 aliphatic heterocycles. The lowest BCUT2D eigenvalue weighted by molar-refractivity contribution is -0.129. The van der Waals surface area contributed by atoms with Gasteiger partial charge in [0.05, 0.1) is 13.0 Å². The topological polar surface area (TPSA) is 45.3 Å². The van der Waals surface area contributed by atoms with E-state index in [1.54, 1.807) is 4.90 Å². The maximum absolute atomic E-state index is 12.0. The summed E-state index contributed by atoms with van der Waals surface area (Å²) in [7, 11) is 1.82. The molecule has 4 nitrogen and oxygen atoms in total. The summed E-state index contributed by atoms with van der Waals surface area (Å²) < 4.78 is 6.27. The second kappa shape index (κ2) is 6.63. The predicted octanol–water partition coefficient (Wildman–Crippen LogP) is 2.54. The van der Waals surface area contributed by atoms with Gasteiger partial charge in [0.25, 0.3) is 0 Å². The molecule has 0 bridgehead atoms. The number of aromatic amines is 1. The Morgan fingerprint density at radius 1 is 1.58 bits per heavy atom. The first-order valence-corrected chi connectivity index (χ1v) is 7.79. The minimum atomic E-state index is 0.114. The van der Waals surface area contributed by atoms with Gasteiger partial charge in [-0.05, 0) is 37.9 Å². The van der Waals surface area contributed by atoms with Gasteiger partial charge in [-0.25, -0.2) is 0 Å². The summed E-state index contributed by atoms with van der Waals surface area (Å²) in [5, 5.41) is 0. The van der Waals surface area contributed by atoms with Crippen molar-refractivity contribution in [2.24, 2.45) is 5.92 Å². The van der Waals surface area contributed by atoms with Crippen LogP contribution in [-0.4, -0.2) is 42.6 Å².